The molecule has 0 aromatic heterocycles. The van der Waals surface area contributed by atoms with Gasteiger partial charge in [0.2, 0.25) is 0 Å². The van der Waals surface area contributed by atoms with Gasteiger partial charge in [-0.05, 0) is 6.07 Å². The number of terminal acetylenes is 2. The second-order valence-electron chi connectivity index (χ2n) is 7.47. The summed E-state index contributed by atoms with van der Waals surface area (Å²) in [5.74, 6) is 3.38. The van der Waals surface area contributed by atoms with Gasteiger partial charge in [-0.1, -0.05) is 5.92 Å². The number of nitrogens with zero attached hydrogens (tertiary/aromatic N) is 6. The van der Waals surface area contributed by atoms with E-state index in [1.807, 2.05) is 5.92 Å². The van der Waals surface area contributed by atoms with Crippen LogP contribution in [-0.2, 0) is 9.47 Å². The van der Waals surface area contributed by atoms with E-state index in [0.717, 1.165) is 32.0 Å². The van der Waals surface area contributed by atoms with Gasteiger partial charge in [0.1, 0.15) is 33.1 Å². The lowest BCUT2D eigenvalue weighted by Crippen LogP contribution is -2.47. The zero-order valence-corrected chi connectivity index (χ0v) is 22.4. The van der Waals surface area contributed by atoms with E-state index in [1.165, 1.54) is 0 Å². The number of nitro groups is 6. The summed E-state index contributed by atoms with van der Waals surface area (Å²) in [6.07, 6.45) is 9.85. The standard InChI is InChI=1S/C8H12N2O6.C6H4N2O5.C3H6N2O5.C3H4O/c1-3-4-5-15-7-16-6-8(2,9(11)12)10(13)14;9-6-4(7(10)11)2-1-3-5(6)8(12)13;1-3(2-6,4(7)8)5(9)10;1-2-3-4/h1H,4-7H2,2H3;1-3,9H;6H,2H2,1H3;1,4H,3H2. The normalized spacial score (nSPS) is 9.91. The van der Waals surface area contributed by atoms with Crippen LogP contribution in [0.15, 0.2) is 18.2 Å². The van der Waals surface area contributed by atoms with E-state index in [9.17, 15) is 60.7 Å². The molecular formula is C20H26N6O17. The van der Waals surface area contributed by atoms with E-state index in [2.05, 4.69) is 12.3 Å². The van der Waals surface area contributed by atoms with E-state index in [4.69, 9.17) is 31.2 Å². The molecule has 0 amide bonds. The highest BCUT2D eigenvalue weighted by Gasteiger charge is 2.51. The first-order valence-electron chi connectivity index (χ1n) is 10.8. The summed E-state index contributed by atoms with van der Waals surface area (Å²) >= 11 is 0. The van der Waals surface area contributed by atoms with Crippen molar-refractivity contribution in [1.29, 1.82) is 0 Å². The number of aliphatic hydroxyl groups excluding tert-OH is 2. The van der Waals surface area contributed by atoms with Crippen molar-refractivity contribution in [3.63, 3.8) is 0 Å². The third-order valence-corrected chi connectivity index (χ3v) is 4.28. The number of ether oxygens (including phenoxy) is 2. The smallest absolute Gasteiger partial charge is 0.478 e. The fourth-order valence-electron chi connectivity index (χ4n) is 1.65. The van der Waals surface area contributed by atoms with Gasteiger partial charge in [-0.2, -0.15) is 0 Å². The van der Waals surface area contributed by atoms with E-state index in [1.54, 1.807) is 0 Å². The lowest BCUT2D eigenvalue weighted by Gasteiger charge is -2.12. The summed E-state index contributed by atoms with van der Waals surface area (Å²) in [5.41, 5.74) is -6.15. The number of hydrogen-bond acceptors (Lipinski definition) is 17. The van der Waals surface area contributed by atoms with E-state index in [0.29, 0.717) is 6.42 Å². The SMILES string of the molecule is C#CCCOCOCC(C)([N+](=O)[O-])[N+](=O)[O-].C#CCO.CC(CO)([N+](=O)[O-])[N+](=O)[O-].O=[N+]([O-])c1cccc([N+](=O)[O-])c1O. The molecule has 43 heavy (non-hydrogen) atoms. The molecule has 0 radical (unpaired) electrons. The molecule has 23 nitrogen and oxygen atoms in total. The first kappa shape index (κ1) is 41.9. The number of aliphatic hydroxyl groups is 2. The average Bonchev–Trinajstić information content (AvgIpc) is 2.94. The Hall–Kier alpha value is -5.62. The Labute approximate surface area is 240 Å². The Morgan fingerprint density at radius 1 is 0.767 bits per heavy atom. The summed E-state index contributed by atoms with van der Waals surface area (Å²) in [4.78, 5) is 55.1. The fourth-order valence-corrected chi connectivity index (χ4v) is 1.65. The molecule has 238 valence electrons. The van der Waals surface area contributed by atoms with Crippen LogP contribution in [0.5, 0.6) is 5.75 Å². The Bertz CT molecular complexity index is 1150. The molecule has 23 heteroatoms. The molecule has 1 rings (SSSR count). The molecule has 0 saturated carbocycles. The van der Waals surface area contributed by atoms with Crippen LogP contribution in [0.4, 0.5) is 11.4 Å². The Balaban J connectivity index is -0.000000535. The molecule has 0 fully saturated rings. The summed E-state index contributed by atoms with van der Waals surface area (Å²) < 4.78 is 9.51. The van der Waals surface area contributed by atoms with Crippen molar-refractivity contribution in [3.8, 4) is 30.4 Å². The molecule has 0 spiro atoms. The molecule has 0 heterocycles. The second-order valence-corrected chi connectivity index (χ2v) is 7.47. The van der Waals surface area contributed by atoms with Gasteiger partial charge in [0.05, 0.1) is 30.3 Å². The topological polar surface area (TPSA) is 338 Å². The zero-order valence-electron chi connectivity index (χ0n) is 22.4. The predicted octanol–water partition coefficient (Wildman–Crippen LogP) is 0.339. The summed E-state index contributed by atoms with van der Waals surface area (Å²) in [7, 11) is 0. The van der Waals surface area contributed by atoms with Crippen molar-refractivity contribution in [2.24, 2.45) is 0 Å². The first-order valence-corrected chi connectivity index (χ1v) is 10.8. The number of rotatable bonds is 13. The van der Waals surface area contributed by atoms with Gasteiger partial charge in [0, 0.05) is 18.6 Å². The predicted molar refractivity (Wildman–Crippen MR) is 139 cm³/mol. The third kappa shape index (κ3) is 15.1. The van der Waals surface area contributed by atoms with Crippen LogP contribution < -0.4 is 0 Å². The highest BCUT2D eigenvalue weighted by Crippen LogP contribution is 2.34. The number of para-hydroxylation sites is 1. The molecule has 1 aromatic rings. The van der Waals surface area contributed by atoms with Crippen molar-refractivity contribution in [2.75, 3.05) is 33.2 Å². The quantitative estimate of drug-likeness (QED) is 0.0877. The monoisotopic (exact) mass is 622 g/mol. The molecule has 3 N–H and O–H groups in total. The number of phenolic OH excluding ortho intramolecular Hbond substituents is 1. The number of nitro benzene ring substituents is 2. The fraction of sp³-hybridized carbons (Fsp3) is 0.500. The lowest BCUT2D eigenvalue weighted by molar-refractivity contribution is -0.794. The van der Waals surface area contributed by atoms with Crippen molar-refractivity contribution < 1.29 is 54.3 Å². The summed E-state index contributed by atoms with van der Waals surface area (Å²) in [5, 5.41) is 86.1. The largest absolute Gasteiger partial charge is 0.497 e. The third-order valence-electron chi connectivity index (χ3n) is 4.28. The van der Waals surface area contributed by atoms with E-state index < -0.39 is 71.2 Å². The van der Waals surface area contributed by atoms with Crippen molar-refractivity contribution in [2.45, 2.75) is 31.6 Å². The van der Waals surface area contributed by atoms with Crippen molar-refractivity contribution in [3.05, 3.63) is 78.9 Å². The van der Waals surface area contributed by atoms with E-state index in [-0.39, 0.29) is 20.0 Å². The second kappa shape index (κ2) is 21.2. The van der Waals surface area contributed by atoms with E-state index >= 15 is 0 Å². The summed E-state index contributed by atoms with van der Waals surface area (Å²) in [6.45, 7) is -0.333. The van der Waals surface area contributed by atoms with Crippen LogP contribution in [0.2, 0.25) is 0 Å². The van der Waals surface area contributed by atoms with Crippen molar-refractivity contribution >= 4 is 11.4 Å². The molecule has 0 aliphatic carbocycles. The average molecular weight is 622 g/mol. The van der Waals surface area contributed by atoms with Crippen molar-refractivity contribution in [1.82, 2.24) is 0 Å². The maximum atomic E-state index is 10.4. The molecule has 0 saturated heterocycles. The van der Waals surface area contributed by atoms with Gasteiger partial charge in [-0.25, -0.2) is 0 Å². The minimum atomic E-state index is -2.46. The minimum Gasteiger partial charge on any atom is -0.497 e. The molecule has 0 atom stereocenters. The summed E-state index contributed by atoms with van der Waals surface area (Å²) in [6, 6.07) is 3.11. The lowest BCUT2D eigenvalue weighted by atomic mass is 10.2. The van der Waals surface area contributed by atoms with Crippen LogP contribution in [0.1, 0.15) is 20.3 Å². The van der Waals surface area contributed by atoms with Crippen LogP contribution in [0.3, 0.4) is 0 Å². The number of aromatic hydroxyl groups is 1. The maximum Gasteiger partial charge on any atom is 0.478 e. The zero-order chi connectivity index (χ0) is 34.4. The highest BCUT2D eigenvalue weighted by atomic mass is 16.7. The number of hydrogen-bond donors (Lipinski definition) is 3. The van der Waals surface area contributed by atoms with Gasteiger partial charge in [-0.15, -0.1) is 18.8 Å². The Morgan fingerprint density at radius 2 is 1.16 bits per heavy atom. The first-order chi connectivity index (χ1) is 19.8. The molecule has 0 aliphatic rings. The van der Waals surface area contributed by atoms with Gasteiger partial charge in [0.25, 0.3) is 5.75 Å². The Morgan fingerprint density at radius 3 is 1.42 bits per heavy atom. The molecule has 0 bridgehead atoms. The highest BCUT2D eigenvalue weighted by molar-refractivity contribution is 5.58. The van der Waals surface area contributed by atoms with Gasteiger partial charge in [-0.3, -0.25) is 60.7 Å². The maximum absolute atomic E-state index is 10.4. The van der Waals surface area contributed by atoms with Gasteiger partial charge < -0.3 is 24.8 Å². The van der Waals surface area contributed by atoms with Crippen LogP contribution in [0.25, 0.3) is 0 Å². The van der Waals surface area contributed by atoms with Crippen LogP contribution in [0, 0.1) is 85.4 Å². The molecule has 0 aliphatic heterocycles. The molecule has 1 aromatic carbocycles. The Kier molecular flexibility index (Phi) is 20.6. The number of phenols is 1. The van der Waals surface area contributed by atoms with Gasteiger partial charge >= 0.3 is 22.7 Å². The molecule has 0 unspecified atom stereocenters. The number of benzene rings is 1. The van der Waals surface area contributed by atoms with Gasteiger partial charge in [0.15, 0.2) is 13.2 Å². The van der Waals surface area contributed by atoms with Crippen LogP contribution >= 0.6 is 0 Å². The molecular weight excluding hydrogens is 596 g/mol. The van der Waals surface area contributed by atoms with Crippen LogP contribution in [-0.4, -0.2) is 89.4 Å². The minimum absolute atomic E-state index is 0.153.